The van der Waals surface area contributed by atoms with Crippen molar-refractivity contribution in [1.82, 2.24) is 4.57 Å². The zero-order valence-corrected chi connectivity index (χ0v) is 16.1. The van der Waals surface area contributed by atoms with Gasteiger partial charge in [0.05, 0.1) is 12.2 Å². The molecule has 9 heteroatoms. The fourth-order valence-corrected chi connectivity index (χ4v) is 3.70. The first-order chi connectivity index (χ1) is 13.5. The number of carbonyl (C=O) groups is 3. The summed E-state index contributed by atoms with van der Waals surface area (Å²) in [4.78, 5) is 47.9. The summed E-state index contributed by atoms with van der Waals surface area (Å²) in [6.07, 6.45) is 3.47. The third-order valence-electron chi connectivity index (χ3n) is 4.13. The zero-order valence-electron chi connectivity index (χ0n) is 15.3. The van der Waals surface area contributed by atoms with E-state index >= 15 is 0 Å². The predicted octanol–water partition coefficient (Wildman–Crippen LogP) is 2.15. The molecule has 0 atom stereocenters. The molecular formula is C19H20N2O6S. The lowest BCUT2D eigenvalue weighted by Gasteiger charge is -2.09. The first-order valence-electron chi connectivity index (χ1n) is 8.89. The van der Waals surface area contributed by atoms with Crippen molar-refractivity contribution < 1.29 is 23.9 Å². The van der Waals surface area contributed by atoms with Crippen LogP contribution >= 0.6 is 11.3 Å². The standard InChI is InChI=1S/C19H20N2O6S/c1-2-26-19(25)17-13(12-6-7-12)11-28-18(17)20-14(22)10-27-16(24)9-21-8-4-3-5-15(21)23/h3-5,8,11-12H,2,6-7,9-10H2,1H3,(H,20,22). The lowest BCUT2D eigenvalue weighted by Crippen LogP contribution is -2.27. The minimum absolute atomic E-state index is 0.239. The molecular weight excluding hydrogens is 384 g/mol. The Hall–Kier alpha value is -2.94. The molecule has 1 saturated carbocycles. The summed E-state index contributed by atoms with van der Waals surface area (Å²) in [7, 11) is 0. The van der Waals surface area contributed by atoms with E-state index in [0.29, 0.717) is 16.5 Å². The molecule has 0 aromatic carbocycles. The summed E-state index contributed by atoms with van der Waals surface area (Å²) >= 11 is 1.25. The van der Waals surface area contributed by atoms with Crippen LogP contribution in [-0.2, 0) is 25.6 Å². The van der Waals surface area contributed by atoms with E-state index in [1.807, 2.05) is 5.38 Å². The number of hydrogen-bond donors (Lipinski definition) is 1. The van der Waals surface area contributed by atoms with Crippen molar-refractivity contribution >= 4 is 34.2 Å². The molecule has 148 valence electrons. The summed E-state index contributed by atoms with van der Waals surface area (Å²) in [5.41, 5.74) is 0.929. The summed E-state index contributed by atoms with van der Waals surface area (Å²) in [6, 6.07) is 4.51. The highest BCUT2D eigenvalue weighted by Gasteiger charge is 2.32. The molecule has 0 bridgehead atoms. The quantitative estimate of drug-likeness (QED) is 0.676. The lowest BCUT2D eigenvalue weighted by atomic mass is 10.1. The minimum Gasteiger partial charge on any atom is -0.462 e. The number of nitrogens with zero attached hydrogens (tertiary/aromatic N) is 1. The van der Waals surface area contributed by atoms with Gasteiger partial charge >= 0.3 is 11.9 Å². The van der Waals surface area contributed by atoms with Crippen LogP contribution in [-0.4, -0.2) is 35.6 Å². The van der Waals surface area contributed by atoms with Gasteiger partial charge in [0, 0.05) is 12.3 Å². The van der Waals surface area contributed by atoms with E-state index in [1.165, 1.54) is 28.2 Å². The van der Waals surface area contributed by atoms with E-state index in [-0.39, 0.29) is 18.7 Å². The fourth-order valence-electron chi connectivity index (χ4n) is 2.66. The molecule has 0 unspecified atom stereocenters. The topological polar surface area (TPSA) is 104 Å². The Morgan fingerprint density at radius 2 is 2.04 bits per heavy atom. The maximum Gasteiger partial charge on any atom is 0.341 e. The second-order valence-electron chi connectivity index (χ2n) is 6.27. The van der Waals surface area contributed by atoms with Gasteiger partial charge in [0.2, 0.25) is 0 Å². The maximum absolute atomic E-state index is 12.3. The van der Waals surface area contributed by atoms with Gasteiger partial charge in [-0.15, -0.1) is 11.3 Å². The molecule has 1 fully saturated rings. The maximum atomic E-state index is 12.3. The van der Waals surface area contributed by atoms with Gasteiger partial charge in [-0.25, -0.2) is 4.79 Å². The van der Waals surface area contributed by atoms with Crippen LogP contribution in [0.4, 0.5) is 5.00 Å². The minimum atomic E-state index is -0.709. The smallest absolute Gasteiger partial charge is 0.341 e. The Labute approximate surface area is 165 Å². The van der Waals surface area contributed by atoms with Gasteiger partial charge in [0.15, 0.2) is 6.61 Å². The van der Waals surface area contributed by atoms with E-state index in [4.69, 9.17) is 9.47 Å². The number of carbonyl (C=O) groups excluding carboxylic acids is 3. The van der Waals surface area contributed by atoms with Gasteiger partial charge in [-0.1, -0.05) is 6.07 Å². The average Bonchev–Trinajstić information content (AvgIpc) is 3.43. The van der Waals surface area contributed by atoms with Crippen LogP contribution in [0.5, 0.6) is 0 Å². The average molecular weight is 404 g/mol. The van der Waals surface area contributed by atoms with Crippen molar-refractivity contribution in [3.05, 3.63) is 51.3 Å². The van der Waals surface area contributed by atoms with Crippen LogP contribution < -0.4 is 10.9 Å². The van der Waals surface area contributed by atoms with Crippen molar-refractivity contribution in [2.75, 3.05) is 18.5 Å². The van der Waals surface area contributed by atoms with Gasteiger partial charge in [-0.3, -0.25) is 14.4 Å². The number of anilines is 1. The summed E-state index contributed by atoms with van der Waals surface area (Å²) in [5.74, 6) is -1.42. The molecule has 2 heterocycles. The highest BCUT2D eigenvalue weighted by molar-refractivity contribution is 7.15. The molecule has 3 rings (SSSR count). The van der Waals surface area contributed by atoms with Crippen LogP contribution in [0.25, 0.3) is 0 Å². The second kappa shape index (κ2) is 8.83. The largest absolute Gasteiger partial charge is 0.462 e. The summed E-state index contributed by atoms with van der Waals surface area (Å²) < 4.78 is 11.2. The lowest BCUT2D eigenvalue weighted by molar-refractivity contribution is -0.147. The predicted molar refractivity (Wildman–Crippen MR) is 103 cm³/mol. The van der Waals surface area contributed by atoms with Gasteiger partial charge in [-0.05, 0) is 42.7 Å². The molecule has 0 spiro atoms. The van der Waals surface area contributed by atoms with Crippen molar-refractivity contribution in [2.45, 2.75) is 32.2 Å². The Kier molecular flexibility index (Phi) is 6.25. The first-order valence-corrected chi connectivity index (χ1v) is 9.77. The summed E-state index contributed by atoms with van der Waals surface area (Å²) in [6.45, 7) is 1.16. The number of esters is 2. The third kappa shape index (κ3) is 4.86. The molecule has 0 radical (unpaired) electrons. The van der Waals surface area contributed by atoms with E-state index in [9.17, 15) is 19.2 Å². The van der Waals surface area contributed by atoms with E-state index in [1.54, 1.807) is 19.1 Å². The van der Waals surface area contributed by atoms with Gasteiger partial charge < -0.3 is 19.4 Å². The Balaban J connectivity index is 1.59. The molecule has 1 aliphatic rings. The Morgan fingerprint density at radius 3 is 2.71 bits per heavy atom. The third-order valence-corrected chi connectivity index (χ3v) is 5.05. The molecule has 1 N–H and O–H groups in total. The van der Waals surface area contributed by atoms with E-state index in [0.717, 1.165) is 18.4 Å². The van der Waals surface area contributed by atoms with Crippen LogP contribution in [0.2, 0.25) is 0 Å². The van der Waals surface area contributed by atoms with Gasteiger partial charge in [0.1, 0.15) is 11.5 Å². The van der Waals surface area contributed by atoms with Crippen molar-refractivity contribution in [2.24, 2.45) is 0 Å². The normalized spacial score (nSPS) is 13.0. The highest BCUT2D eigenvalue weighted by atomic mass is 32.1. The number of aromatic nitrogens is 1. The monoisotopic (exact) mass is 404 g/mol. The summed E-state index contributed by atoms with van der Waals surface area (Å²) in [5, 5.41) is 4.86. The SMILES string of the molecule is CCOC(=O)c1c(C2CC2)csc1NC(=O)COC(=O)Cn1ccccc1=O. The molecule has 8 nitrogen and oxygen atoms in total. The van der Waals surface area contributed by atoms with Crippen molar-refractivity contribution in [3.63, 3.8) is 0 Å². The molecule has 1 amide bonds. The molecule has 2 aromatic rings. The van der Waals surface area contributed by atoms with Crippen LogP contribution in [0.15, 0.2) is 34.6 Å². The zero-order chi connectivity index (χ0) is 20.1. The van der Waals surface area contributed by atoms with Crippen LogP contribution in [0.3, 0.4) is 0 Å². The fraction of sp³-hybridized carbons (Fsp3) is 0.368. The van der Waals surface area contributed by atoms with Crippen molar-refractivity contribution in [1.29, 1.82) is 0 Å². The van der Waals surface area contributed by atoms with E-state index < -0.39 is 24.5 Å². The number of pyridine rings is 1. The van der Waals surface area contributed by atoms with E-state index in [2.05, 4.69) is 5.32 Å². The number of ether oxygens (including phenoxy) is 2. The first kappa shape index (κ1) is 19.8. The molecule has 0 aliphatic heterocycles. The highest BCUT2D eigenvalue weighted by Crippen LogP contribution is 2.46. The number of rotatable bonds is 8. The Bertz CT molecular complexity index is 944. The van der Waals surface area contributed by atoms with Crippen LogP contribution in [0, 0.1) is 0 Å². The molecule has 1 aliphatic carbocycles. The molecule has 28 heavy (non-hydrogen) atoms. The second-order valence-corrected chi connectivity index (χ2v) is 7.15. The number of thiophene rings is 1. The van der Waals surface area contributed by atoms with Gasteiger partial charge in [0.25, 0.3) is 11.5 Å². The number of amides is 1. The van der Waals surface area contributed by atoms with Crippen LogP contribution in [0.1, 0.15) is 41.6 Å². The van der Waals surface area contributed by atoms with Gasteiger partial charge in [-0.2, -0.15) is 0 Å². The number of hydrogen-bond acceptors (Lipinski definition) is 7. The molecule has 0 saturated heterocycles. The number of nitrogens with one attached hydrogen (secondary N) is 1. The molecule has 2 aromatic heterocycles. The Morgan fingerprint density at radius 1 is 1.25 bits per heavy atom. The van der Waals surface area contributed by atoms with Crippen molar-refractivity contribution in [3.8, 4) is 0 Å².